The van der Waals surface area contributed by atoms with E-state index in [-0.39, 0.29) is 35.9 Å². The third-order valence-electron chi connectivity index (χ3n) is 5.82. The molecule has 2 aromatic rings. The van der Waals surface area contributed by atoms with Crippen LogP contribution in [0.25, 0.3) is 0 Å². The van der Waals surface area contributed by atoms with Gasteiger partial charge in [0.25, 0.3) is 0 Å². The van der Waals surface area contributed by atoms with E-state index in [1.807, 2.05) is 0 Å². The van der Waals surface area contributed by atoms with Crippen LogP contribution in [0.2, 0.25) is 0 Å². The van der Waals surface area contributed by atoms with Crippen LogP contribution < -0.4 is 10.6 Å². The van der Waals surface area contributed by atoms with Gasteiger partial charge in [-0.3, -0.25) is 9.59 Å². The zero-order valence-electron chi connectivity index (χ0n) is 16.3. The number of nitrogens with zero attached hydrogens (tertiary/aromatic N) is 2. The number of halogens is 3. The van der Waals surface area contributed by atoms with E-state index in [0.717, 1.165) is 17.5 Å². The van der Waals surface area contributed by atoms with E-state index in [1.165, 1.54) is 6.20 Å². The topological polar surface area (TPSA) is 76.0 Å². The minimum Gasteiger partial charge on any atom is -0.363 e. The molecule has 6 nitrogen and oxygen atoms in total. The van der Waals surface area contributed by atoms with Crippen molar-refractivity contribution in [3.05, 3.63) is 47.7 Å². The van der Waals surface area contributed by atoms with Crippen molar-refractivity contribution in [1.82, 2.24) is 15.1 Å². The Morgan fingerprint density at radius 2 is 1.97 bits per heavy atom. The van der Waals surface area contributed by atoms with Crippen LogP contribution in [0.5, 0.6) is 0 Å². The van der Waals surface area contributed by atoms with Gasteiger partial charge in [0.05, 0.1) is 17.8 Å². The number of amides is 1. The number of hydrogen-bond donors (Lipinski definition) is 2. The largest absolute Gasteiger partial charge is 0.410 e. The number of ketones is 1. The van der Waals surface area contributed by atoms with Gasteiger partial charge >= 0.3 is 6.18 Å². The Kier molecular flexibility index (Phi) is 5.53. The molecule has 1 aromatic carbocycles. The summed E-state index contributed by atoms with van der Waals surface area (Å²) in [5.74, 6) is -0.954. The maximum Gasteiger partial charge on any atom is 0.410 e. The fraction of sp³-hybridized carbons (Fsp3) is 0.476. The number of alkyl halides is 3. The summed E-state index contributed by atoms with van der Waals surface area (Å²) in [7, 11) is 0. The summed E-state index contributed by atoms with van der Waals surface area (Å²) >= 11 is 0. The van der Waals surface area contributed by atoms with Gasteiger partial charge < -0.3 is 10.6 Å². The first-order valence-corrected chi connectivity index (χ1v) is 10.1. The Labute approximate surface area is 171 Å². The highest BCUT2D eigenvalue weighted by Crippen LogP contribution is 2.44. The Morgan fingerprint density at radius 3 is 2.70 bits per heavy atom. The van der Waals surface area contributed by atoms with E-state index in [9.17, 15) is 22.8 Å². The number of hydrogen-bond acceptors (Lipinski definition) is 4. The lowest BCUT2D eigenvalue weighted by atomic mass is 9.93. The normalized spacial score (nSPS) is 24.4. The van der Waals surface area contributed by atoms with Gasteiger partial charge in [-0.15, -0.1) is 0 Å². The van der Waals surface area contributed by atoms with Crippen molar-refractivity contribution in [2.24, 2.45) is 5.92 Å². The Hall–Kier alpha value is -2.84. The number of aromatic nitrogens is 2. The zero-order valence-corrected chi connectivity index (χ0v) is 16.3. The van der Waals surface area contributed by atoms with Gasteiger partial charge in [-0.1, -0.05) is 36.8 Å². The molecule has 2 N–H and O–H groups in total. The summed E-state index contributed by atoms with van der Waals surface area (Å²) in [6.07, 6.45) is -1.31. The minimum absolute atomic E-state index is 0.0428. The van der Waals surface area contributed by atoms with E-state index in [1.54, 1.807) is 30.3 Å². The number of benzene rings is 1. The monoisotopic (exact) mass is 420 g/mol. The first-order valence-electron chi connectivity index (χ1n) is 10.1. The van der Waals surface area contributed by atoms with Gasteiger partial charge in [-0.25, -0.2) is 4.68 Å². The van der Waals surface area contributed by atoms with E-state index < -0.39 is 24.2 Å². The number of anilines is 1. The van der Waals surface area contributed by atoms with Crippen molar-refractivity contribution in [3.63, 3.8) is 0 Å². The standard InChI is InChI=1S/C21H23F3N4O2/c22-21(23,24)18-11-16(13-6-2-1-3-7-13)27-19-15(12-26-28(18)19)17(29)10-14-8-4-5-9-25-20(14)30/h1-3,6-7,12,14,16,18,27H,4-5,8-11H2,(H,25,30). The molecular weight excluding hydrogens is 397 g/mol. The van der Waals surface area contributed by atoms with Crippen molar-refractivity contribution in [2.45, 2.75) is 50.4 Å². The van der Waals surface area contributed by atoms with E-state index in [4.69, 9.17) is 0 Å². The molecule has 1 aromatic heterocycles. The highest BCUT2D eigenvalue weighted by atomic mass is 19.4. The van der Waals surface area contributed by atoms with Crippen LogP contribution in [0.4, 0.5) is 19.0 Å². The van der Waals surface area contributed by atoms with Crippen molar-refractivity contribution in [3.8, 4) is 0 Å². The van der Waals surface area contributed by atoms with Gasteiger partial charge in [0.15, 0.2) is 11.8 Å². The number of rotatable bonds is 4. The Bertz CT molecular complexity index is 926. The summed E-state index contributed by atoms with van der Waals surface area (Å²) in [6.45, 7) is 0.584. The summed E-state index contributed by atoms with van der Waals surface area (Å²) < 4.78 is 42.1. The molecule has 0 radical (unpaired) electrons. The van der Waals surface area contributed by atoms with Crippen LogP contribution in [0.15, 0.2) is 36.5 Å². The average Bonchev–Trinajstić information content (AvgIpc) is 3.05. The zero-order chi connectivity index (χ0) is 21.3. The molecule has 1 saturated heterocycles. The van der Waals surface area contributed by atoms with Crippen molar-refractivity contribution in [1.29, 1.82) is 0 Å². The molecule has 160 valence electrons. The Balaban J connectivity index is 1.64. The highest BCUT2D eigenvalue weighted by molar-refractivity contribution is 6.02. The Morgan fingerprint density at radius 1 is 1.20 bits per heavy atom. The van der Waals surface area contributed by atoms with E-state index in [0.29, 0.717) is 18.5 Å². The molecule has 3 atom stereocenters. The summed E-state index contributed by atoms with van der Waals surface area (Å²) in [4.78, 5) is 25.1. The quantitative estimate of drug-likeness (QED) is 0.733. The van der Waals surface area contributed by atoms with E-state index >= 15 is 0 Å². The molecule has 3 unspecified atom stereocenters. The van der Waals surface area contributed by atoms with E-state index in [2.05, 4.69) is 15.7 Å². The summed E-state index contributed by atoms with van der Waals surface area (Å²) in [5, 5.41) is 9.77. The van der Waals surface area contributed by atoms with Crippen molar-refractivity contribution >= 4 is 17.5 Å². The molecule has 0 saturated carbocycles. The molecule has 0 aliphatic carbocycles. The molecule has 4 rings (SSSR count). The maximum absolute atomic E-state index is 13.8. The molecule has 0 spiro atoms. The second-order valence-electron chi connectivity index (χ2n) is 7.86. The lowest BCUT2D eigenvalue weighted by Gasteiger charge is -2.34. The molecule has 1 amide bonds. The van der Waals surface area contributed by atoms with Crippen LogP contribution in [0.1, 0.15) is 60.1 Å². The number of Topliss-reactive ketones (excluding diaryl/α,β-unsaturated/α-hetero) is 1. The lowest BCUT2D eigenvalue weighted by molar-refractivity contribution is -0.173. The third kappa shape index (κ3) is 4.06. The number of carbonyl (C=O) groups is 2. The molecule has 1 fully saturated rings. The van der Waals surface area contributed by atoms with Crippen LogP contribution in [-0.4, -0.2) is 34.2 Å². The number of nitrogens with one attached hydrogen (secondary N) is 2. The molecule has 2 aliphatic rings. The SMILES string of the molecule is O=C(CC1CCCCNC1=O)c1cnn2c1NC(c1ccccc1)CC2C(F)(F)F. The smallest absolute Gasteiger partial charge is 0.363 e. The molecule has 2 aliphatic heterocycles. The molecule has 0 bridgehead atoms. The number of carbonyl (C=O) groups excluding carboxylic acids is 2. The fourth-order valence-electron chi connectivity index (χ4n) is 4.20. The minimum atomic E-state index is -4.50. The van der Waals surface area contributed by atoms with Crippen LogP contribution in [0, 0.1) is 5.92 Å². The van der Waals surface area contributed by atoms with Gasteiger partial charge in [0, 0.05) is 25.3 Å². The summed E-state index contributed by atoms with van der Waals surface area (Å²) in [6, 6.07) is 6.41. The van der Waals surface area contributed by atoms with Crippen LogP contribution in [-0.2, 0) is 4.79 Å². The molecule has 30 heavy (non-hydrogen) atoms. The van der Waals surface area contributed by atoms with Crippen molar-refractivity contribution < 1.29 is 22.8 Å². The van der Waals surface area contributed by atoms with Crippen LogP contribution >= 0.6 is 0 Å². The molecular formula is C21H23F3N4O2. The maximum atomic E-state index is 13.8. The lowest BCUT2D eigenvalue weighted by Crippen LogP contribution is -2.36. The molecule has 9 heteroatoms. The van der Waals surface area contributed by atoms with Gasteiger partial charge in [0.1, 0.15) is 5.82 Å². The highest BCUT2D eigenvalue weighted by Gasteiger charge is 2.47. The first-order chi connectivity index (χ1) is 14.3. The second-order valence-corrected chi connectivity index (χ2v) is 7.86. The third-order valence-corrected chi connectivity index (χ3v) is 5.82. The van der Waals surface area contributed by atoms with Gasteiger partial charge in [0.2, 0.25) is 5.91 Å². The average molecular weight is 420 g/mol. The van der Waals surface area contributed by atoms with Gasteiger partial charge in [-0.05, 0) is 18.4 Å². The summed E-state index contributed by atoms with van der Waals surface area (Å²) in [5.41, 5.74) is 0.808. The number of fused-ring (bicyclic) bond motifs is 1. The molecule has 3 heterocycles. The van der Waals surface area contributed by atoms with Crippen LogP contribution in [0.3, 0.4) is 0 Å². The fourth-order valence-corrected chi connectivity index (χ4v) is 4.20. The predicted molar refractivity (Wildman–Crippen MR) is 104 cm³/mol. The predicted octanol–water partition coefficient (Wildman–Crippen LogP) is 4.03. The van der Waals surface area contributed by atoms with Crippen molar-refractivity contribution in [2.75, 3.05) is 11.9 Å². The first kappa shape index (κ1) is 20.4. The second kappa shape index (κ2) is 8.12. The van der Waals surface area contributed by atoms with Gasteiger partial charge in [-0.2, -0.15) is 18.3 Å².